The Balaban J connectivity index is 2.15. The van der Waals surface area contributed by atoms with Crippen LogP contribution in [0.15, 0.2) is 54.6 Å². The molecular formula is C24H25NO4. The first-order valence-corrected chi connectivity index (χ1v) is 9.44. The van der Waals surface area contributed by atoms with Crippen LogP contribution in [0.2, 0.25) is 0 Å². The number of nitrogens with zero attached hydrogens (tertiary/aromatic N) is 1. The Morgan fingerprint density at radius 1 is 0.552 bits per heavy atom. The summed E-state index contributed by atoms with van der Waals surface area (Å²) in [6, 6.07) is 18.1. The zero-order valence-electron chi connectivity index (χ0n) is 17.4. The molecular weight excluding hydrogens is 366 g/mol. The zero-order valence-corrected chi connectivity index (χ0v) is 17.4. The first kappa shape index (κ1) is 19.0. The van der Waals surface area contributed by atoms with E-state index in [-0.39, 0.29) is 5.92 Å². The van der Waals surface area contributed by atoms with Gasteiger partial charge in [-0.1, -0.05) is 18.2 Å². The van der Waals surface area contributed by atoms with Crippen molar-refractivity contribution in [3.63, 3.8) is 0 Å². The van der Waals surface area contributed by atoms with Crippen molar-refractivity contribution in [2.45, 2.75) is 5.92 Å². The van der Waals surface area contributed by atoms with Crippen LogP contribution in [0.4, 0.5) is 11.4 Å². The van der Waals surface area contributed by atoms with Gasteiger partial charge in [0.15, 0.2) is 0 Å². The Morgan fingerprint density at radius 3 is 1.28 bits per heavy atom. The van der Waals surface area contributed by atoms with Crippen molar-refractivity contribution in [2.24, 2.45) is 0 Å². The molecule has 4 rings (SSSR count). The minimum atomic E-state index is -0.186. The highest BCUT2D eigenvalue weighted by Gasteiger charge is 2.38. The summed E-state index contributed by atoms with van der Waals surface area (Å²) < 4.78 is 23.1. The number of ether oxygens (including phenoxy) is 4. The lowest BCUT2D eigenvalue weighted by molar-refractivity contribution is 0.378. The van der Waals surface area contributed by atoms with Gasteiger partial charge in [-0.25, -0.2) is 0 Å². The Hall–Kier alpha value is -3.34. The van der Waals surface area contributed by atoms with Crippen LogP contribution in [0.1, 0.15) is 22.6 Å². The third-order valence-corrected chi connectivity index (χ3v) is 5.58. The molecule has 29 heavy (non-hydrogen) atoms. The quantitative estimate of drug-likeness (QED) is 0.613. The Kier molecular flexibility index (Phi) is 4.97. The minimum absolute atomic E-state index is 0.186. The number of fused-ring (bicyclic) bond motifs is 2. The van der Waals surface area contributed by atoms with Gasteiger partial charge in [-0.15, -0.1) is 0 Å². The molecule has 1 aliphatic rings. The lowest BCUT2D eigenvalue weighted by atomic mass is 9.78. The molecule has 0 amide bonds. The molecule has 0 spiro atoms. The third-order valence-electron chi connectivity index (χ3n) is 5.58. The molecule has 0 aliphatic carbocycles. The Bertz CT molecular complexity index is 933. The van der Waals surface area contributed by atoms with E-state index in [2.05, 4.69) is 24.1 Å². The summed E-state index contributed by atoms with van der Waals surface area (Å²) >= 11 is 0. The summed E-state index contributed by atoms with van der Waals surface area (Å²) in [7, 11) is 8.82. The molecule has 0 atom stereocenters. The normalized spacial score (nSPS) is 12.8. The molecule has 0 radical (unpaired) electrons. The van der Waals surface area contributed by atoms with Crippen LogP contribution in [-0.2, 0) is 0 Å². The first-order valence-electron chi connectivity index (χ1n) is 9.44. The zero-order chi connectivity index (χ0) is 20.5. The van der Waals surface area contributed by atoms with Crippen molar-refractivity contribution in [3.05, 3.63) is 71.3 Å². The van der Waals surface area contributed by atoms with Crippen LogP contribution in [0.5, 0.6) is 23.0 Å². The number of rotatable bonds is 5. The van der Waals surface area contributed by atoms with E-state index in [1.54, 1.807) is 28.4 Å². The first-order chi connectivity index (χ1) is 14.2. The molecule has 0 bridgehead atoms. The molecule has 0 saturated carbocycles. The number of hydrogen-bond acceptors (Lipinski definition) is 5. The van der Waals surface area contributed by atoms with Crippen molar-refractivity contribution >= 4 is 11.4 Å². The topological polar surface area (TPSA) is 40.2 Å². The van der Waals surface area contributed by atoms with E-state index in [0.717, 1.165) is 51.1 Å². The molecule has 5 heteroatoms. The van der Waals surface area contributed by atoms with Gasteiger partial charge in [0.25, 0.3) is 0 Å². The van der Waals surface area contributed by atoms with Crippen molar-refractivity contribution in [3.8, 4) is 23.0 Å². The van der Waals surface area contributed by atoms with Gasteiger partial charge in [0, 0.05) is 35.1 Å². The van der Waals surface area contributed by atoms with Gasteiger partial charge in [-0.2, -0.15) is 0 Å². The number of methoxy groups -OCH3 is 4. The molecule has 0 aromatic heterocycles. The van der Waals surface area contributed by atoms with E-state index in [0.29, 0.717) is 0 Å². The lowest BCUT2D eigenvalue weighted by Crippen LogP contribution is -2.24. The molecule has 3 aromatic carbocycles. The van der Waals surface area contributed by atoms with Crippen LogP contribution >= 0.6 is 0 Å². The molecule has 0 saturated heterocycles. The highest BCUT2D eigenvalue weighted by Crippen LogP contribution is 2.56. The SMILES string of the molecule is COc1cccc(OC)c1C1c2c(OC)cccc2N(C)c2cccc(OC)c21. The summed E-state index contributed by atoms with van der Waals surface area (Å²) in [5.41, 5.74) is 5.20. The lowest BCUT2D eigenvalue weighted by Gasteiger charge is -2.38. The van der Waals surface area contributed by atoms with Crippen molar-refractivity contribution in [1.29, 1.82) is 0 Å². The molecule has 3 aromatic rings. The third kappa shape index (κ3) is 2.85. The summed E-state index contributed by atoms with van der Waals surface area (Å²) in [4.78, 5) is 2.17. The number of hydrogen-bond donors (Lipinski definition) is 0. The second-order valence-corrected chi connectivity index (χ2v) is 6.85. The van der Waals surface area contributed by atoms with E-state index >= 15 is 0 Å². The smallest absolute Gasteiger partial charge is 0.126 e. The van der Waals surface area contributed by atoms with E-state index < -0.39 is 0 Å². The summed E-state index contributed by atoms with van der Waals surface area (Å²) in [5, 5.41) is 0. The Labute approximate surface area is 171 Å². The van der Waals surface area contributed by atoms with E-state index in [4.69, 9.17) is 18.9 Å². The van der Waals surface area contributed by atoms with Crippen molar-refractivity contribution < 1.29 is 18.9 Å². The largest absolute Gasteiger partial charge is 0.496 e. The highest BCUT2D eigenvalue weighted by molar-refractivity contribution is 5.83. The van der Waals surface area contributed by atoms with Gasteiger partial charge in [-0.3, -0.25) is 0 Å². The summed E-state index contributed by atoms with van der Waals surface area (Å²) in [6.07, 6.45) is 0. The van der Waals surface area contributed by atoms with Crippen LogP contribution in [-0.4, -0.2) is 35.5 Å². The van der Waals surface area contributed by atoms with Gasteiger partial charge < -0.3 is 23.8 Å². The monoisotopic (exact) mass is 391 g/mol. The summed E-state index contributed by atoms with van der Waals surface area (Å²) in [5.74, 6) is 2.95. The predicted octanol–water partition coefficient (Wildman–Crippen LogP) is 4.98. The average molecular weight is 391 g/mol. The van der Waals surface area contributed by atoms with Crippen molar-refractivity contribution in [1.82, 2.24) is 0 Å². The van der Waals surface area contributed by atoms with Crippen LogP contribution in [0, 0.1) is 0 Å². The highest BCUT2D eigenvalue weighted by atomic mass is 16.5. The molecule has 0 fully saturated rings. The average Bonchev–Trinajstić information content (AvgIpc) is 2.78. The van der Waals surface area contributed by atoms with Gasteiger partial charge in [-0.05, 0) is 36.4 Å². The standard InChI is InChI=1S/C24H25NO4/c1-25-15-9-6-11-17(26-2)21(15)24(22-16(25)10-7-12-18(22)27-3)23-19(28-4)13-8-14-20(23)29-5/h6-14,24H,1-5H3. The molecule has 5 nitrogen and oxygen atoms in total. The van der Waals surface area contributed by atoms with Crippen LogP contribution in [0.25, 0.3) is 0 Å². The predicted molar refractivity (Wildman–Crippen MR) is 115 cm³/mol. The molecule has 1 aliphatic heterocycles. The van der Waals surface area contributed by atoms with Crippen molar-refractivity contribution in [2.75, 3.05) is 40.4 Å². The van der Waals surface area contributed by atoms with E-state index in [1.165, 1.54) is 0 Å². The van der Waals surface area contributed by atoms with Gasteiger partial charge in [0.05, 0.1) is 34.4 Å². The second kappa shape index (κ2) is 7.59. The Morgan fingerprint density at radius 2 is 0.897 bits per heavy atom. The molecule has 0 unspecified atom stereocenters. The van der Waals surface area contributed by atoms with E-state index in [1.807, 2.05) is 42.5 Å². The maximum Gasteiger partial charge on any atom is 0.126 e. The van der Waals surface area contributed by atoms with Gasteiger partial charge in [0.1, 0.15) is 23.0 Å². The van der Waals surface area contributed by atoms with E-state index in [9.17, 15) is 0 Å². The minimum Gasteiger partial charge on any atom is -0.496 e. The fourth-order valence-electron chi connectivity index (χ4n) is 4.31. The van der Waals surface area contributed by atoms with Crippen LogP contribution < -0.4 is 23.8 Å². The maximum absolute atomic E-state index is 5.80. The number of anilines is 2. The fourth-order valence-corrected chi connectivity index (χ4v) is 4.31. The van der Waals surface area contributed by atoms with Gasteiger partial charge >= 0.3 is 0 Å². The van der Waals surface area contributed by atoms with Crippen LogP contribution in [0.3, 0.4) is 0 Å². The molecule has 0 N–H and O–H groups in total. The molecule has 1 heterocycles. The second-order valence-electron chi connectivity index (χ2n) is 6.85. The van der Waals surface area contributed by atoms with Gasteiger partial charge in [0.2, 0.25) is 0 Å². The maximum atomic E-state index is 5.80. The molecule has 150 valence electrons. The number of benzene rings is 3. The fraction of sp³-hybridized carbons (Fsp3) is 0.250. The summed E-state index contributed by atoms with van der Waals surface area (Å²) in [6.45, 7) is 0.